The lowest BCUT2D eigenvalue weighted by Crippen LogP contribution is -2.06. The number of hydrogen-bond acceptors (Lipinski definition) is 3. The normalized spacial score (nSPS) is 11.6. The molecule has 0 aromatic heterocycles. The van der Waals surface area contributed by atoms with Crippen LogP contribution in [0.3, 0.4) is 0 Å². The van der Waals surface area contributed by atoms with Crippen molar-refractivity contribution >= 4 is 18.1 Å². The molecule has 0 aliphatic heterocycles. The van der Waals surface area contributed by atoms with E-state index in [0.717, 1.165) is 56.3 Å². The predicted octanol–water partition coefficient (Wildman–Crippen LogP) is 26.0. The molecule has 0 bridgehead atoms. The van der Waals surface area contributed by atoms with E-state index in [1.165, 1.54) is 304 Å². The van der Waals surface area contributed by atoms with Crippen molar-refractivity contribution in [2.24, 2.45) is 0 Å². The Hall–Kier alpha value is -2.81. The van der Waals surface area contributed by atoms with Gasteiger partial charge in [-0.15, -0.1) is 0 Å². The molecule has 0 saturated carbocycles. The molecule has 0 radical (unpaired) electrons. The average Bonchev–Trinajstić information content (AvgIpc) is 3.46. The second-order valence-electron chi connectivity index (χ2n) is 23.7. The molecular formula is C72H123BF4O3S. The van der Waals surface area contributed by atoms with Crippen LogP contribution < -0.4 is 14.2 Å². The Balaban J connectivity index is 0.00000428. The van der Waals surface area contributed by atoms with Crippen LogP contribution in [-0.2, 0) is 10.9 Å². The van der Waals surface area contributed by atoms with Crippen LogP contribution >= 0.6 is 0 Å². The first-order chi connectivity index (χ1) is 39.7. The van der Waals surface area contributed by atoms with Crippen LogP contribution in [0.5, 0.6) is 17.2 Å². The van der Waals surface area contributed by atoms with Crippen molar-refractivity contribution in [1.82, 2.24) is 0 Å². The van der Waals surface area contributed by atoms with E-state index in [0.29, 0.717) is 0 Å². The van der Waals surface area contributed by atoms with Crippen molar-refractivity contribution in [2.45, 2.75) is 344 Å². The summed E-state index contributed by atoms with van der Waals surface area (Å²) in [5.41, 5.74) is 0. The third-order valence-corrected chi connectivity index (χ3v) is 18.2. The molecule has 0 spiro atoms. The van der Waals surface area contributed by atoms with Gasteiger partial charge in [0.25, 0.3) is 0 Å². The number of hydrogen-bond donors (Lipinski definition) is 0. The zero-order valence-electron chi connectivity index (χ0n) is 52.7. The quantitative estimate of drug-likeness (QED) is 0.0244. The highest BCUT2D eigenvalue weighted by Crippen LogP contribution is 2.34. The Bertz CT molecular complexity index is 1540. The average molecular weight is 1160 g/mol. The largest absolute Gasteiger partial charge is 0.673 e. The van der Waals surface area contributed by atoms with Gasteiger partial charge in [-0.25, -0.2) is 0 Å². The zero-order chi connectivity index (χ0) is 58.2. The van der Waals surface area contributed by atoms with Crippen LogP contribution in [-0.4, -0.2) is 27.1 Å². The van der Waals surface area contributed by atoms with Gasteiger partial charge >= 0.3 is 7.25 Å². The van der Waals surface area contributed by atoms with Gasteiger partial charge in [-0.1, -0.05) is 310 Å². The molecule has 0 N–H and O–H groups in total. The fourth-order valence-electron chi connectivity index (χ4n) is 10.9. The minimum Gasteiger partial charge on any atom is -0.494 e. The fourth-order valence-corrected chi connectivity index (χ4v) is 13.0. The van der Waals surface area contributed by atoms with Crippen molar-refractivity contribution in [2.75, 3.05) is 19.8 Å². The summed E-state index contributed by atoms with van der Waals surface area (Å²) in [6, 6.07) is 26.8. The van der Waals surface area contributed by atoms with E-state index in [4.69, 9.17) is 14.2 Å². The molecule has 3 nitrogen and oxygen atoms in total. The number of ether oxygens (including phenoxy) is 3. The maximum atomic E-state index is 9.75. The Morgan fingerprint density at radius 2 is 0.370 bits per heavy atom. The zero-order valence-corrected chi connectivity index (χ0v) is 53.5. The number of unbranched alkanes of at least 4 members (excludes halogenated alkanes) is 45. The number of halogens is 4. The van der Waals surface area contributed by atoms with Crippen molar-refractivity contribution < 1.29 is 31.5 Å². The van der Waals surface area contributed by atoms with Crippen molar-refractivity contribution in [3.8, 4) is 17.2 Å². The van der Waals surface area contributed by atoms with Gasteiger partial charge < -0.3 is 31.5 Å². The van der Waals surface area contributed by atoms with E-state index < -0.39 is 7.25 Å². The van der Waals surface area contributed by atoms with Crippen molar-refractivity contribution in [3.63, 3.8) is 0 Å². The van der Waals surface area contributed by atoms with Gasteiger partial charge in [0, 0.05) is 0 Å². The highest BCUT2D eigenvalue weighted by atomic mass is 32.2. The van der Waals surface area contributed by atoms with Crippen molar-refractivity contribution in [3.05, 3.63) is 72.8 Å². The summed E-state index contributed by atoms with van der Waals surface area (Å²) < 4.78 is 57.9. The SMILES string of the molecule is CCCCCCCCCCCCCCCCCCOc1ccc([S+](c2ccc(OCCCCCCCCCCCCCCCCCC)cc2)c2ccc(OCCCCCCCCCCCCCCCCCC)cc2)cc1.F[B-](F)(F)F. The maximum absolute atomic E-state index is 9.75. The fraction of sp³-hybridized carbons (Fsp3) is 0.750. The van der Waals surface area contributed by atoms with Gasteiger partial charge in [-0.3, -0.25) is 0 Å². The lowest BCUT2D eigenvalue weighted by molar-refractivity contribution is 0.304. The molecule has 0 heterocycles. The predicted molar refractivity (Wildman–Crippen MR) is 347 cm³/mol. The lowest BCUT2D eigenvalue weighted by atomic mass is 10.0. The first kappa shape index (κ1) is 74.3. The van der Waals surface area contributed by atoms with Crippen LogP contribution in [0, 0.1) is 0 Å². The molecule has 0 fully saturated rings. The Morgan fingerprint density at radius 3 is 0.519 bits per heavy atom. The van der Waals surface area contributed by atoms with E-state index in [2.05, 4.69) is 93.6 Å². The molecule has 9 heteroatoms. The minimum absolute atomic E-state index is 0.261. The maximum Gasteiger partial charge on any atom is 0.673 e. The third kappa shape index (κ3) is 47.2. The Morgan fingerprint density at radius 1 is 0.235 bits per heavy atom. The van der Waals surface area contributed by atoms with Gasteiger partial charge in [0.05, 0.1) is 30.7 Å². The summed E-state index contributed by atoms with van der Waals surface area (Å²) in [4.78, 5) is 3.91. The highest BCUT2D eigenvalue weighted by Gasteiger charge is 2.29. The molecule has 0 amide bonds. The summed E-state index contributed by atoms with van der Waals surface area (Å²) in [6.45, 7) is 9.31. The first-order valence-electron chi connectivity index (χ1n) is 34.5. The summed E-state index contributed by atoms with van der Waals surface area (Å²) >= 11 is 0. The molecule has 466 valence electrons. The van der Waals surface area contributed by atoms with Crippen LogP contribution in [0.15, 0.2) is 87.5 Å². The van der Waals surface area contributed by atoms with Crippen LogP contribution in [0.4, 0.5) is 17.3 Å². The topological polar surface area (TPSA) is 27.7 Å². The van der Waals surface area contributed by atoms with Crippen LogP contribution in [0.2, 0.25) is 0 Å². The molecule has 3 rings (SSSR count). The molecule has 0 aliphatic rings. The monoisotopic (exact) mass is 1150 g/mol. The summed E-state index contributed by atoms with van der Waals surface area (Å²) in [5.74, 6) is 2.93. The molecule has 81 heavy (non-hydrogen) atoms. The molecule has 0 atom stereocenters. The highest BCUT2D eigenvalue weighted by molar-refractivity contribution is 7.97. The molecule has 0 aliphatic carbocycles. The number of rotatable bonds is 57. The van der Waals surface area contributed by atoms with Gasteiger partial charge in [-0.2, -0.15) is 0 Å². The standard InChI is InChI=1S/C72H123O3S.BF4/c1-4-7-10-13-16-19-22-25-28-31-34-37-40-43-46-49-64-73-67-52-58-70(59-53-67)76(71-60-54-68(55-61-71)74-65-50-47-44-41-38-35-32-29-26-23-20-17-14-11-8-5-2)72-62-56-69(57-63-72)75-66-51-48-45-42-39-36-33-30-27-24-21-18-15-12-9-6-3;2-1(3,4)5/h52-63H,4-51,64-66H2,1-3H3;/q+1;-1. The molecule has 0 saturated heterocycles. The summed E-state index contributed by atoms with van der Waals surface area (Å²) in [7, 11) is -6.26. The summed E-state index contributed by atoms with van der Waals surface area (Å²) in [5, 5.41) is 0. The van der Waals surface area contributed by atoms with E-state index in [1.54, 1.807) is 0 Å². The molecule has 0 unspecified atom stereocenters. The van der Waals surface area contributed by atoms with Gasteiger partial charge in [0.1, 0.15) is 17.2 Å². The van der Waals surface area contributed by atoms with Crippen LogP contribution in [0.25, 0.3) is 0 Å². The Kier molecular flexibility index (Phi) is 50.5. The van der Waals surface area contributed by atoms with E-state index in [-0.39, 0.29) is 10.9 Å². The van der Waals surface area contributed by atoms with Gasteiger partial charge in [0.15, 0.2) is 14.7 Å². The first-order valence-corrected chi connectivity index (χ1v) is 35.8. The lowest BCUT2D eigenvalue weighted by Gasteiger charge is -2.12. The van der Waals surface area contributed by atoms with Crippen molar-refractivity contribution in [1.29, 1.82) is 0 Å². The molecular weight excluding hydrogens is 1030 g/mol. The third-order valence-electron chi connectivity index (χ3n) is 16.0. The van der Waals surface area contributed by atoms with E-state index in [9.17, 15) is 17.3 Å². The Labute approximate surface area is 500 Å². The van der Waals surface area contributed by atoms with Crippen LogP contribution in [0.1, 0.15) is 329 Å². The molecule has 3 aromatic rings. The molecule has 3 aromatic carbocycles. The second-order valence-corrected chi connectivity index (χ2v) is 25.7. The smallest absolute Gasteiger partial charge is 0.494 e. The van der Waals surface area contributed by atoms with E-state index >= 15 is 0 Å². The minimum atomic E-state index is -6.00. The summed E-state index contributed by atoms with van der Waals surface area (Å²) in [6.07, 6.45) is 66.6. The van der Waals surface area contributed by atoms with Gasteiger partial charge in [0.2, 0.25) is 0 Å². The second kappa shape index (κ2) is 55.1. The number of benzene rings is 3. The van der Waals surface area contributed by atoms with E-state index in [1.807, 2.05) is 0 Å². The van der Waals surface area contributed by atoms with Gasteiger partial charge in [-0.05, 0) is 92.1 Å².